The third-order valence-electron chi connectivity index (χ3n) is 2.29. The number of rotatable bonds is 3. The first-order valence-corrected chi connectivity index (χ1v) is 8.14. The second kappa shape index (κ2) is 3.79. The van der Waals surface area contributed by atoms with Gasteiger partial charge in [0, 0.05) is 12.2 Å². The van der Waals surface area contributed by atoms with E-state index in [4.69, 9.17) is 0 Å². The zero-order chi connectivity index (χ0) is 11.0. The molecule has 1 fully saturated rings. The van der Waals surface area contributed by atoms with Gasteiger partial charge in [-0.05, 0) is 6.42 Å². The van der Waals surface area contributed by atoms with Crippen molar-refractivity contribution in [2.24, 2.45) is 5.92 Å². The van der Waals surface area contributed by atoms with Crippen molar-refractivity contribution >= 4 is 19.7 Å². The quantitative estimate of drug-likeness (QED) is 0.673. The average molecular weight is 242 g/mol. The van der Waals surface area contributed by atoms with Gasteiger partial charge in [0.25, 0.3) is 0 Å². The maximum Gasteiger partial charge on any atom is 0.150 e. The van der Waals surface area contributed by atoms with E-state index in [9.17, 15) is 21.9 Å². The molecule has 0 radical (unpaired) electrons. The van der Waals surface area contributed by atoms with Crippen LogP contribution in [0.25, 0.3) is 0 Å². The predicted molar refractivity (Wildman–Crippen MR) is 52.5 cm³/mol. The molecule has 2 unspecified atom stereocenters. The van der Waals surface area contributed by atoms with Crippen LogP contribution in [-0.2, 0) is 19.7 Å². The lowest BCUT2D eigenvalue weighted by atomic mass is 10.0. The maximum absolute atomic E-state index is 11.1. The van der Waals surface area contributed by atoms with E-state index in [1.165, 1.54) is 0 Å². The fraction of sp³-hybridized carbons (Fsp3) is 1.00. The molecule has 1 rings (SSSR count). The van der Waals surface area contributed by atoms with E-state index in [1.54, 1.807) is 0 Å². The molecular formula is C7H14O5S2. The highest BCUT2D eigenvalue weighted by Crippen LogP contribution is 2.22. The number of aliphatic hydroxyl groups excluding tert-OH is 1. The molecule has 84 valence electrons. The Kier molecular flexibility index (Phi) is 3.23. The van der Waals surface area contributed by atoms with Crippen molar-refractivity contribution in [1.29, 1.82) is 0 Å². The molecule has 1 aliphatic heterocycles. The Morgan fingerprint density at radius 3 is 2.43 bits per heavy atom. The van der Waals surface area contributed by atoms with Crippen LogP contribution in [0.15, 0.2) is 0 Å². The average Bonchev–Trinajstić information content (AvgIpc) is 2.26. The van der Waals surface area contributed by atoms with Gasteiger partial charge in [-0.15, -0.1) is 0 Å². The highest BCUT2D eigenvalue weighted by Gasteiger charge is 2.34. The van der Waals surface area contributed by atoms with Crippen LogP contribution >= 0.6 is 0 Å². The second-order valence-corrected chi connectivity index (χ2v) is 8.24. The number of hydrogen-bond acceptors (Lipinski definition) is 5. The molecular weight excluding hydrogens is 228 g/mol. The molecule has 0 saturated carbocycles. The molecule has 5 nitrogen and oxygen atoms in total. The first kappa shape index (κ1) is 11.9. The summed E-state index contributed by atoms with van der Waals surface area (Å²) in [4.78, 5) is 0. The molecule has 7 heteroatoms. The van der Waals surface area contributed by atoms with E-state index < -0.39 is 31.7 Å². The van der Waals surface area contributed by atoms with Crippen LogP contribution in [0.3, 0.4) is 0 Å². The molecule has 0 spiro atoms. The third kappa shape index (κ3) is 3.55. The summed E-state index contributed by atoms with van der Waals surface area (Å²) in [6.07, 6.45) is 0.334. The summed E-state index contributed by atoms with van der Waals surface area (Å²) < 4.78 is 43.8. The van der Waals surface area contributed by atoms with Crippen molar-refractivity contribution in [1.82, 2.24) is 0 Å². The minimum atomic E-state index is -3.24. The first-order valence-electron chi connectivity index (χ1n) is 4.26. The Morgan fingerprint density at radius 2 is 2.07 bits per heavy atom. The summed E-state index contributed by atoms with van der Waals surface area (Å²) in [7, 11) is -6.29. The SMILES string of the molecule is CS(=O)(=O)CC(O)C1CCS(=O)(=O)C1. The molecule has 0 aromatic rings. The minimum absolute atomic E-state index is 0.0541. The lowest BCUT2D eigenvalue weighted by Crippen LogP contribution is -2.29. The van der Waals surface area contributed by atoms with Crippen molar-refractivity contribution in [3.05, 3.63) is 0 Å². The van der Waals surface area contributed by atoms with Gasteiger partial charge in [0.05, 0.1) is 23.4 Å². The fourth-order valence-corrected chi connectivity index (χ4v) is 4.34. The Labute approximate surface area is 84.0 Å². The molecule has 1 N–H and O–H groups in total. The van der Waals surface area contributed by atoms with Gasteiger partial charge in [0.1, 0.15) is 9.84 Å². The molecule has 1 saturated heterocycles. The molecule has 0 aromatic heterocycles. The molecule has 14 heavy (non-hydrogen) atoms. The standard InChI is InChI=1S/C7H14O5S2/c1-13(9,10)5-7(8)6-2-3-14(11,12)4-6/h6-8H,2-5H2,1H3. The summed E-state index contributed by atoms with van der Waals surface area (Å²) in [5.41, 5.74) is 0. The van der Waals surface area contributed by atoms with Crippen molar-refractivity contribution in [3.8, 4) is 0 Å². The van der Waals surface area contributed by atoms with Gasteiger partial charge >= 0.3 is 0 Å². The van der Waals surface area contributed by atoms with Crippen LogP contribution in [0, 0.1) is 5.92 Å². The zero-order valence-corrected chi connectivity index (χ0v) is 9.51. The predicted octanol–water partition coefficient (Wildman–Crippen LogP) is -1.17. The van der Waals surface area contributed by atoms with E-state index in [2.05, 4.69) is 0 Å². The van der Waals surface area contributed by atoms with E-state index in [-0.39, 0.29) is 17.3 Å². The number of aliphatic hydroxyl groups is 1. The van der Waals surface area contributed by atoms with Crippen molar-refractivity contribution in [3.63, 3.8) is 0 Å². The van der Waals surface area contributed by atoms with Crippen LogP contribution in [0.5, 0.6) is 0 Å². The van der Waals surface area contributed by atoms with Gasteiger partial charge in [-0.25, -0.2) is 16.8 Å². The zero-order valence-electron chi connectivity index (χ0n) is 7.88. The van der Waals surface area contributed by atoms with Crippen molar-refractivity contribution in [2.45, 2.75) is 12.5 Å². The lowest BCUT2D eigenvalue weighted by molar-refractivity contribution is 0.141. The van der Waals surface area contributed by atoms with E-state index in [1.807, 2.05) is 0 Å². The summed E-state index contributed by atoms with van der Waals surface area (Å²) in [6, 6.07) is 0. The molecule has 0 bridgehead atoms. The summed E-state index contributed by atoms with van der Waals surface area (Å²) in [5.74, 6) is -0.815. The van der Waals surface area contributed by atoms with Gasteiger partial charge in [-0.3, -0.25) is 0 Å². The van der Waals surface area contributed by atoms with Gasteiger partial charge in [0.15, 0.2) is 9.84 Å². The molecule has 0 amide bonds. The monoisotopic (exact) mass is 242 g/mol. The van der Waals surface area contributed by atoms with Gasteiger partial charge in [-0.1, -0.05) is 0 Å². The van der Waals surface area contributed by atoms with Gasteiger partial charge < -0.3 is 5.11 Å². The van der Waals surface area contributed by atoms with E-state index >= 15 is 0 Å². The lowest BCUT2D eigenvalue weighted by Gasteiger charge is -2.14. The highest BCUT2D eigenvalue weighted by atomic mass is 32.2. The topological polar surface area (TPSA) is 88.5 Å². The largest absolute Gasteiger partial charge is 0.392 e. The van der Waals surface area contributed by atoms with Crippen LogP contribution in [-0.4, -0.2) is 51.6 Å². The third-order valence-corrected chi connectivity index (χ3v) is 5.03. The first-order chi connectivity index (χ1) is 6.20. The molecule has 1 aliphatic rings. The summed E-state index contributed by atoms with van der Waals surface area (Å²) in [6.45, 7) is 0. The molecule has 1 heterocycles. The highest BCUT2D eigenvalue weighted by molar-refractivity contribution is 7.91. The Hall–Kier alpha value is -0.140. The minimum Gasteiger partial charge on any atom is -0.392 e. The van der Waals surface area contributed by atoms with Crippen LogP contribution < -0.4 is 0 Å². The van der Waals surface area contributed by atoms with Gasteiger partial charge in [0.2, 0.25) is 0 Å². The van der Waals surface area contributed by atoms with Crippen molar-refractivity contribution < 1.29 is 21.9 Å². The molecule has 0 aromatic carbocycles. The van der Waals surface area contributed by atoms with Gasteiger partial charge in [-0.2, -0.15) is 0 Å². The molecule has 2 atom stereocenters. The van der Waals surface area contributed by atoms with Crippen LogP contribution in [0.4, 0.5) is 0 Å². The summed E-state index contributed by atoms with van der Waals surface area (Å²) in [5, 5.41) is 9.47. The molecule has 0 aliphatic carbocycles. The number of hydrogen-bond donors (Lipinski definition) is 1. The van der Waals surface area contributed by atoms with E-state index in [0.717, 1.165) is 6.26 Å². The second-order valence-electron chi connectivity index (χ2n) is 3.82. The van der Waals surface area contributed by atoms with Crippen LogP contribution in [0.2, 0.25) is 0 Å². The Balaban J connectivity index is 2.61. The fourth-order valence-electron chi connectivity index (χ4n) is 1.57. The smallest absolute Gasteiger partial charge is 0.150 e. The Bertz CT molecular complexity index is 394. The maximum atomic E-state index is 11.1. The van der Waals surface area contributed by atoms with E-state index in [0.29, 0.717) is 6.42 Å². The normalized spacial score (nSPS) is 28.9. The van der Waals surface area contributed by atoms with Crippen molar-refractivity contribution in [2.75, 3.05) is 23.5 Å². The number of sulfone groups is 2. The van der Waals surface area contributed by atoms with Crippen LogP contribution in [0.1, 0.15) is 6.42 Å². The Morgan fingerprint density at radius 1 is 1.50 bits per heavy atom. The summed E-state index contributed by atoms with van der Waals surface area (Å²) >= 11 is 0.